The van der Waals surface area contributed by atoms with Gasteiger partial charge in [-0.3, -0.25) is 9.48 Å². The smallest absolute Gasteiger partial charge is 0.274 e. The second-order valence-corrected chi connectivity index (χ2v) is 6.90. The summed E-state index contributed by atoms with van der Waals surface area (Å²) in [5.74, 6) is 1.07. The van der Waals surface area contributed by atoms with Crippen LogP contribution in [-0.2, 0) is 19.7 Å². The van der Waals surface area contributed by atoms with Crippen molar-refractivity contribution in [2.45, 2.75) is 54.3 Å². The molecule has 0 aliphatic heterocycles. The zero-order valence-corrected chi connectivity index (χ0v) is 17.0. The highest BCUT2D eigenvalue weighted by Crippen LogP contribution is 2.22. The Morgan fingerprint density at radius 3 is 2.75 bits per heavy atom. The quantitative estimate of drug-likeness (QED) is 0.675. The van der Waals surface area contributed by atoms with Crippen molar-refractivity contribution in [1.29, 1.82) is 0 Å². The molecule has 0 unspecified atom stereocenters. The SMILES string of the molecule is CCn1cc(CNC(=O)c2noc(C)c2COc2cc(C)ccc2C)c(C)n1. The fourth-order valence-corrected chi connectivity index (χ4v) is 2.91. The molecule has 3 aromatic rings. The van der Waals surface area contributed by atoms with Gasteiger partial charge >= 0.3 is 0 Å². The molecule has 0 saturated heterocycles. The fourth-order valence-electron chi connectivity index (χ4n) is 2.91. The van der Waals surface area contributed by atoms with Crippen LogP contribution in [0.5, 0.6) is 5.75 Å². The molecule has 0 atom stereocenters. The number of carbonyl (C=O) groups is 1. The average molecular weight is 382 g/mol. The lowest BCUT2D eigenvalue weighted by Gasteiger charge is -2.10. The molecular weight excluding hydrogens is 356 g/mol. The lowest BCUT2D eigenvalue weighted by molar-refractivity contribution is 0.0939. The van der Waals surface area contributed by atoms with Crippen molar-refractivity contribution >= 4 is 5.91 Å². The molecule has 3 rings (SSSR count). The van der Waals surface area contributed by atoms with Gasteiger partial charge in [-0.25, -0.2) is 0 Å². The molecule has 0 bridgehead atoms. The zero-order valence-electron chi connectivity index (χ0n) is 17.0. The Morgan fingerprint density at radius 1 is 1.25 bits per heavy atom. The molecule has 1 N–H and O–H groups in total. The summed E-state index contributed by atoms with van der Waals surface area (Å²) < 4.78 is 13.0. The van der Waals surface area contributed by atoms with Gasteiger partial charge in [-0.2, -0.15) is 5.10 Å². The van der Waals surface area contributed by atoms with Crippen LogP contribution in [0.3, 0.4) is 0 Å². The molecule has 7 heteroatoms. The van der Waals surface area contributed by atoms with Crippen molar-refractivity contribution in [2.75, 3.05) is 0 Å². The molecule has 0 radical (unpaired) electrons. The van der Waals surface area contributed by atoms with E-state index < -0.39 is 0 Å². The molecule has 1 amide bonds. The normalized spacial score (nSPS) is 10.9. The summed E-state index contributed by atoms with van der Waals surface area (Å²) in [5, 5.41) is 11.2. The van der Waals surface area contributed by atoms with Crippen molar-refractivity contribution in [3.63, 3.8) is 0 Å². The molecule has 0 aliphatic rings. The highest BCUT2D eigenvalue weighted by atomic mass is 16.5. The van der Waals surface area contributed by atoms with Gasteiger partial charge < -0.3 is 14.6 Å². The summed E-state index contributed by atoms with van der Waals surface area (Å²) in [5.41, 5.74) is 4.93. The zero-order chi connectivity index (χ0) is 20.3. The van der Waals surface area contributed by atoms with Crippen LogP contribution < -0.4 is 10.1 Å². The first-order valence-corrected chi connectivity index (χ1v) is 9.35. The van der Waals surface area contributed by atoms with Crippen LogP contribution in [0.4, 0.5) is 0 Å². The highest BCUT2D eigenvalue weighted by molar-refractivity contribution is 5.93. The van der Waals surface area contributed by atoms with Gasteiger partial charge in [0, 0.05) is 24.8 Å². The van der Waals surface area contributed by atoms with E-state index in [0.29, 0.717) is 17.9 Å². The van der Waals surface area contributed by atoms with E-state index in [1.165, 1.54) is 0 Å². The topological polar surface area (TPSA) is 82.2 Å². The number of nitrogens with one attached hydrogen (secondary N) is 1. The van der Waals surface area contributed by atoms with E-state index in [9.17, 15) is 4.79 Å². The Hall–Kier alpha value is -3.09. The van der Waals surface area contributed by atoms with Gasteiger partial charge in [0.25, 0.3) is 5.91 Å². The Balaban J connectivity index is 1.70. The number of hydrogen-bond donors (Lipinski definition) is 1. The summed E-state index contributed by atoms with van der Waals surface area (Å²) in [6.07, 6.45) is 1.94. The molecule has 0 saturated carbocycles. The number of rotatable bonds is 7. The number of nitrogens with zero attached hydrogens (tertiary/aromatic N) is 3. The predicted octanol–water partition coefficient (Wildman–Crippen LogP) is 3.63. The van der Waals surface area contributed by atoms with Crippen LogP contribution in [0.2, 0.25) is 0 Å². The van der Waals surface area contributed by atoms with Crippen LogP contribution in [0.25, 0.3) is 0 Å². The fraction of sp³-hybridized carbons (Fsp3) is 0.381. The van der Waals surface area contributed by atoms with Gasteiger partial charge in [-0.15, -0.1) is 0 Å². The van der Waals surface area contributed by atoms with E-state index in [4.69, 9.17) is 9.26 Å². The van der Waals surface area contributed by atoms with Crippen LogP contribution in [0.15, 0.2) is 28.9 Å². The lowest BCUT2D eigenvalue weighted by Crippen LogP contribution is -2.24. The monoisotopic (exact) mass is 382 g/mol. The lowest BCUT2D eigenvalue weighted by atomic mass is 10.1. The molecule has 0 aliphatic carbocycles. The van der Waals surface area contributed by atoms with Crippen molar-refractivity contribution < 1.29 is 14.1 Å². The highest BCUT2D eigenvalue weighted by Gasteiger charge is 2.21. The minimum absolute atomic E-state index is 0.217. The van der Waals surface area contributed by atoms with E-state index >= 15 is 0 Å². The van der Waals surface area contributed by atoms with Gasteiger partial charge in [0.05, 0.1) is 11.3 Å². The maximum absolute atomic E-state index is 12.7. The number of aryl methyl sites for hydroxylation is 5. The molecule has 148 valence electrons. The van der Waals surface area contributed by atoms with Crippen molar-refractivity contribution in [1.82, 2.24) is 20.3 Å². The molecule has 2 heterocycles. The van der Waals surface area contributed by atoms with Crippen LogP contribution in [0.1, 0.15) is 51.1 Å². The first-order chi connectivity index (χ1) is 13.4. The Kier molecular flexibility index (Phi) is 5.82. The third-order valence-corrected chi connectivity index (χ3v) is 4.73. The maximum atomic E-state index is 12.7. The third kappa shape index (κ3) is 4.24. The summed E-state index contributed by atoms with van der Waals surface area (Å²) in [4.78, 5) is 12.7. The first kappa shape index (κ1) is 19.7. The van der Waals surface area contributed by atoms with Gasteiger partial charge in [-0.1, -0.05) is 17.3 Å². The van der Waals surface area contributed by atoms with E-state index in [-0.39, 0.29) is 18.2 Å². The molecule has 1 aromatic carbocycles. The molecule has 0 spiro atoms. The van der Waals surface area contributed by atoms with E-state index in [1.807, 2.05) is 56.8 Å². The third-order valence-electron chi connectivity index (χ3n) is 4.73. The molecule has 0 fully saturated rings. The minimum atomic E-state index is -0.292. The Bertz CT molecular complexity index is 988. The standard InChI is InChI=1S/C21H26N4O3/c1-6-25-11-17(15(4)23-25)10-22-21(26)20-18(16(5)28-24-20)12-27-19-9-13(2)7-8-14(19)3/h7-9,11H,6,10,12H2,1-5H3,(H,22,26). The second-order valence-electron chi connectivity index (χ2n) is 6.90. The van der Waals surface area contributed by atoms with Gasteiger partial charge in [0.1, 0.15) is 18.1 Å². The summed E-state index contributed by atoms with van der Waals surface area (Å²) in [7, 11) is 0. The molecular formula is C21H26N4O3. The number of ether oxygens (including phenoxy) is 1. The predicted molar refractivity (Wildman–Crippen MR) is 105 cm³/mol. The molecule has 7 nitrogen and oxygen atoms in total. The van der Waals surface area contributed by atoms with Crippen LogP contribution in [0, 0.1) is 27.7 Å². The number of hydrogen-bond acceptors (Lipinski definition) is 5. The van der Waals surface area contributed by atoms with Crippen LogP contribution >= 0.6 is 0 Å². The van der Waals surface area contributed by atoms with E-state index in [2.05, 4.69) is 15.6 Å². The van der Waals surface area contributed by atoms with Crippen molar-refractivity contribution in [3.8, 4) is 5.75 Å². The molecule has 2 aromatic heterocycles. The molecule has 28 heavy (non-hydrogen) atoms. The van der Waals surface area contributed by atoms with E-state index in [0.717, 1.165) is 34.7 Å². The number of amides is 1. The summed E-state index contributed by atoms with van der Waals surface area (Å²) in [6.45, 7) is 11.1. The first-order valence-electron chi connectivity index (χ1n) is 9.35. The number of benzene rings is 1. The van der Waals surface area contributed by atoms with Gasteiger partial charge in [0.15, 0.2) is 5.69 Å². The van der Waals surface area contributed by atoms with E-state index in [1.54, 1.807) is 6.92 Å². The number of aromatic nitrogens is 3. The average Bonchev–Trinajstić information content (AvgIpc) is 3.22. The summed E-state index contributed by atoms with van der Waals surface area (Å²) >= 11 is 0. The van der Waals surface area contributed by atoms with Crippen molar-refractivity contribution in [2.24, 2.45) is 0 Å². The Morgan fingerprint density at radius 2 is 2.04 bits per heavy atom. The largest absolute Gasteiger partial charge is 0.488 e. The van der Waals surface area contributed by atoms with Crippen LogP contribution in [-0.4, -0.2) is 20.8 Å². The minimum Gasteiger partial charge on any atom is -0.488 e. The Labute approximate surface area is 164 Å². The van der Waals surface area contributed by atoms with Gasteiger partial charge in [0.2, 0.25) is 0 Å². The van der Waals surface area contributed by atoms with Gasteiger partial charge in [-0.05, 0) is 51.8 Å². The van der Waals surface area contributed by atoms with Crippen molar-refractivity contribution in [3.05, 3.63) is 63.8 Å². The maximum Gasteiger partial charge on any atom is 0.274 e. The second kappa shape index (κ2) is 8.29. The number of carbonyl (C=O) groups excluding carboxylic acids is 1. The summed E-state index contributed by atoms with van der Waals surface area (Å²) in [6, 6.07) is 6.03.